The van der Waals surface area contributed by atoms with Crippen molar-refractivity contribution in [3.05, 3.63) is 35.3 Å². The van der Waals surface area contributed by atoms with Gasteiger partial charge in [0.1, 0.15) is 5.69 Å². The highest BCUT2D eigenvalue weighted by Gasteiger charge is 2.20. The minimum atomic E-state index is -2.89. The Morgan fingerprint density at radius 2 is 1.84 bits per heavy atom. The molecule has 0 aliphatic rings. The molecule has 1 heterocycles. The van der Waals surface area contributed by atoms with E-state index in [0.29, 0.717) is 12.6 Å². The number of halogens is 5. The van der Waals surface area contributed by atoms with Gasteiger partial charge in [-0.1, -0.05) is 0 Å². The number of anilines is 1. The highest BCUT2D eigenvalue weighted by atomic mass is 19.3. The van der Waals surface area contributed by atoms with Crippen molar-refractivity contribution in [3.8, 4) is 0 Å². The van der Waals surface area contributed by atoms with Crippen LogP contribution in [-0.2, 0) is 0 Å². The summed E-state index contributed by atoms with van der Waals surface area (Å²) in [6.07, 6.45) is -2.89. The molecule has 19 heavy (non-hydrogen) atoms. The lowest BCUT2D eigenvalue weighted by Crippen LogP contribution is -2.04. The molecule has 0 atom stereocenters. The molecule has 0 amide bonds. The summed E-state index contributed by atoms with van der Waals surface area (Å²) in [6.45, 7) is 1.96. The molecule has 0 radical (unpaired) electrons. The second-order valence-electron chi connectivity index (χ2n) is 3.81. The predicted octanol–water partition coefficient (Wildman–Crippen LogP) is 4.02. The summed E-state index contributed by atoms with van der Waals surface area (Å²) in [4.78, 5) is 3.44. The molecule has 2 rings (SSSR count). The quantitative estimate of drug-likeness (QED) is 0.676. The molecule has 1 aromatic carbocycles. The van der Waals surface area contributed by atoms with E-state index < -0.39 is 29.6 Å². The van der Waals surface area contributed by atoms with Crippen molar-refractivity contribution in [2.24, 2.45) is 0 Å². The van der Waals surface area contributed by atoms with Crippen LogP contribution in [0.3, 0.4) is 0 Å². The van der Waals surface area contributed by atoms with E-state index in [1.807, 2.05) is 0 Å². The summed E-state index contributed by atoms with van der Waals surface area (Å²) in [5, 5.41) is 2.29. The normalized spacial score (nSPS) is 11.3. The van der Waals surface area contributed by atoms with Gasteiger partial charge in [-0.15, -0.1) is 0 Å². The summed E-state index contributed by atoms with van der Waals surface area (Å²) < 4.78 is 65.3. The van der Waals surface area contributed by atoms with Crippen LogP contribution in [0.1, 0.15) is 19.0 Å². The first-order valence-electron chi connectivity index (χ1n) is 5.45. The second kappa shape index (κ2) is 4.99. The van der Waals surface area contributed by atoms with Crippen LogP contribution in [0.4, 0.5) is 27.6 Å². The Morgan fingerprint density at radius 3 is 2.42 bits per heavy atom. The first-order chi connectivity index (χ1) is 8.95. The zero-order chi connectivity index (χ0) is 14.2. The van der Waals surface area contributed by atoms with E-state index in [1.165, 1.54) is 0 Å². The number of fused-ring (bicyclic) bond motifs is 1. The summed E-state index contributed by atoms with van der Waals surface area (Å²) in [5.74, 6) is -4.57. The van der Waals surface area contributed by atoms with Gasteiger partial charge in [0.2, 0.25) is 0 Å². The van der Waals surface area contributed by atoms with Crippen molar-refractivity contribution in [2.75, 3.05) is 11.9 Å². The van der Waals surface area contributed by atoms with E-state index in [0.717, 1.165) is 6.07 Å². The van der Waals surface area contributed by atoms with Gasteiger partial charge < -0.3 is 5.32 Å². The molecule has 0 aliphatic carbocycles. The Morgan fingerprint density at radius 1 is 1.16 bits per heavy atom. The standard InChI is InChI=1S/C12H9F5N2/c1-2-18-6-4-8(12(16)17)19-7-3-5(13)10(14)11(15)9(6)7/h3-4,12H,2H2,1H3,(H,18,19). The first kappa shape index (κ1) is 13.5. The van der Waals surface area contributed by atoms with E-state index in [1.54, 1.807) is 6.92 Å². The summed E-state index contributed by atoms with van der Waals surface area (Å²) in [5.41, 5.74) is -1.03. The third-order valence-corrected chi connectivity index (χ3v) is 2.54. The van der Waals surface area contributed by atoms with Crippen molar-refractivity contribution >= 4 is 16.6 Å². The zero-order valence-corrected chi connectivity index (χ0v) is 9.78. The number of rotatable bonds is 3. The summed E-state index contributed by atoms with van der Waals surface area (Å²) in [6, 6.07) is 1.53. The van der Waals surface area contributed by atoms with Gasteiger partial charge in [-0.05, 0) is 13.0 Å². The lowest BCUT2D eigenvalue weighted by Gasteiger charge is -2.11. The number of pyridine rings is 1. The molecule has 0 saturated carbocycles. The van der Waals surface area contributed by atoms with Crippen LogP contribution in [0.15, 0.2) is 12.1 Å². The maximum atomic E-state index is 13.7. The molecule has 0 saturated heterocycles. The van der Waals surface area contributed by atoms with E-state index in [9.17, 15) is 22.0 Å². The van der Waals surface area contributed by atoms with Gasteiger partial charge in [-0.25, -0.2) is 26.9 Å². The molecule has 1 N–H and O–H groups in total. The number of benzene rings is 1. The Balaban J connectivity index is 2.83. The van der Waals surface area contributed by atoms with Crippen LogP contribution in [0.5, 0.6) is 0 Å². The van der Waals surface area contributed by atoms with Crippen LogP contribution in [0.2, 0.25) is 0 Å². The van der Waals surface area contributed by atoms with E-state index in [4.69, 9.17) is 0 Å². The molecule has 0 fully saturated rings. The predicted molar refractivity (Wildman–Crippen MR) is 60.7 cm³/mol. The van der Waals surface area contributed by atoms with Gasteiger partial charge in [0.15, 0.2) is 17.5 Å². The molecular formula is C12H9F5N2. The number of hydrogen-bond acceptors (Lipinski definition) is 2. The average molecular weight is 276 g/mol. The maximum absolute atomic E-state index is 13.7. The van der Waals surface area contributed by atoms with Gasteiger partial charge in [-0.2, -0.15) is 0 Å². The Bertz CT molecular complexity index is 627. The lowest BCUT2D eigenvalue weighted by molar-refractivity contribution is 0.146. The van der Waals surface area contributed by atoms with Crippen LogP contribution >= 0.6 is 0 Å². The smallest absolute Gasteiger partial charge is 0.280 e. The third-order valence-electron chi connectivity index (χ3n) is 2.54. The molecule has 7 heteroatoms. The van der Waals surface area contributed by atoms with Crippen molar-refractivity contribution < 1.29 is 22.0 Å². The number of hydrogen-bond donors (Lipinski definition) is 1. The number of aromatic nitrogens is 1. The van der Waals surface area contributed by atoms with Gasteiger partial charge in [-0.3, -0.25) is 0 Å². The zero-order valence-electron chi connectivity index (χ0n) is 9.78. The van der Waals surface area contributed by atoms with Crippen LogP contribution in [-0.4, -0.2) is 11.5 Å². The Kier molecular flexibility index (Phi) is 3.55. The number of nitrogens with zero attached hydrogens (tertiary/aromatic N) is 1. The van der Waals surface area contributed by atoms with Gasteiger partial charge in [0.05, 0.1) is 10.9 Å². The second-order valence-corrected chi connectivity index (χ2v) is 3.81. The fraction of sp³-hybridized carbons (Fsp3) is 0.250. The third kappa shape index (κ3) is 2.32. The topological polar surface area (TPSA) is 24.9 Å². The lowest BCUT2D eigenvalue weighted by atomic mass is 10.1. The first-order valence-corrected chi connectivity index (χ1v) is 5.45. The van der Waals surface area contributed by atoms with Crippen molar-refractivity contribution in [3.63, 3.8) is 0 Å². The largest absolute Gasteiger partial charge is 0.385 e. The highest BCUT2D eigenvalue weighted by molar-refractivity contribution is 5.92. The van der Waals surface area contributed by atoms with E-state index in [2.05, 4.69) is 10.3 Å². The highest BCUT2D eigenvalue weighted by Crippen LogP contribution is 2.31. The summed E-state index contributed by atoms with van der Waals surface area (Å²) >= 11 is 0. The Hall–Kier alpha value is -1.92. The molecule has 0 spiro atoms. The average Bonchev–Trinajstić information content (AvgIpc) is 2.35. The molecule has 102 valence electrons. The van der Waals surface area contributed by atoms with Crippen LogP contribution < -0.4 is 5.32 Å². The number of nitrogens with one attached hydrogen (secondary N) is 1. The molecule has 1 aromatic heterocycles. The number of alkyl halides is 2. The molecule has 2 nitrogen and oxygen atoms in total. The van der Waals surface area contributed by atoms with Gasteiger partial charge in [0, 0.05) is 18.3 Å². The molecular weight excluding hydrogens is 267 g/mol. The van der Waals surface area contributed by atoms with Crippen LogP contribution in [0.25, 0.3) is 10.9 Å². The summed E-state index contributed by atoms with van der Waals surface area (Å²) in [7, 11) is 0. The fourth-order valence-electron chi connectivity index (χ4n) is 1.76. The fourth-order valence-corrected chi connectivity index (χ4v) is 1.76. The minimum absolute atomic E-state index is 0.0424. The molecule has 0 aliphatic heterocycles. The molecule has 0 bridgehead atoms. The SMILES string of the molecule is CCNc1cc(C(F)F)nc2cc(F)c(F)c(F)c12. The monoisotopic (exact) mass is 276 g/mol. The van der Waals surface area contributed by atoms with Crippen molar-refractivity contribution in [1.82, 2.24) is 4.98 Å². The van der Waals surface area contributed by atoms with Crippen molar-refractivity contribution in [2.45, 2.75) is 13.3 Å². The molecule has 2 aromatic rings. The van der Waals surface area contributed by atoms with Crippen molar-refractivity contribution in [1.29, 1.82) is 0 Å². The Labute approximate surface area is 105 Å². The van der Waals surface area contributed by atoms with E-state index >= 15 is 0 Å². The van der Waals surface area contributed by atoms with Gasteiger partial charge in [0.25, 0.3) is 6.43 Å². The van der Waals surface area contributed by atoms with Gasteiger partial charge >= 0.3 is 0 Å². The van der Waals surface area contributed by atoms with Crippen LogP contribution in [0, 0.1) is 17.5 Å². The minimum Gasteiger partial charge on any atom is -0.385 e. The molecule has 0 unspecified atom stereocenters. The van der Waals surface area contributed by atoms with E-state index in [-0.39, 0.29) is 16.6 Å². The maximum Gasteiger partial charge on any atom is 0.280 e.